The Labute approximate surface area is 118 Å². The van der Waals surface area contributed by atoms with Crippen molar-refractivity contribution in [2.24, 2.45) is 0 Å². The zero-order valence-corrected chi connectivity index (χ0v) is 12.3. The normalized spacial score (nSPS) is 16.2. The van der Waals surface area contributed by atoms with Crippen molar-refractivity contribution in [1.82, 2.24) is 20.2 Å². The SMILES string of the molecule is Cc1cc(C)nc(SCC(=O)N2CCCNCC2)n1. The third-order valence-electron chi connectivity index (χ3n) is 2.98. The molecule has 0 aliphatic carbocycles. The fourth-order valence-electron chi connectivity index (χ4n) is 2.07. The van der Waals surface area contributed by atoms with Crippen LogP contribution in [0.1, 0.15) is 17.8 Å². The van der Waals surface area contributed by atoms with Crippen LogP contribution in [0.25, 0.3) is 0 Å². The minimum Gasteiger partial charge on any atom is -0.341 e. The standard InChI is InChI=1S/C13H20N4OS/c1-10-8-11(2)16-13(15-10)19-9-12(18)17-6-3-4-14-5-7-17/h8,14H,3-7,9H2,1-2H3. The molecule has 0 radical (unpaired) electrons. The lowest BCUT2D eigenvalue weighted by Crippen LogP contribution is -2.35. The summed E-state index contributed by atoms with van der Waals surface area (Å²) in [6.45, 7) is 7.42. The van der Waals surface area contributed by atoms with Crippen LogP contribution in [0.15, 0.2) is 11.2 Å². The van der Waals surface area contributed by atoms with E-state index >= 15 is 0 Å². The van der Waals surface area contributed by atoms with E-state index in [4.69, 9.17) is 0 Å². The Kier molecular flexibility index (Phi) is 5.15. The fourth-order valence-corrected chi connectivity index (χ4v) is 2.92. The molecule has 0 aromatic carbocycles. The highest BCUT2D eigenvalue weighted by atomic mass is 32.2. The molecule has 0 unspecified atom stereocenters. The lowest BCUT2D eigenvalue weighted by Gasteiger charge is -2.19. The molecule has 0 saturated carbocycles. The molecule has 1 saturated heterocycles. The van der Waals surface area contributed by atoms with Gasteiger partial charge in [-0.05, 0) is 32.9 Å². The van der Waals surface area contributed by atoms with Crippen LogP contribution in [0, 0.1) is 13.8 Å². The van der Waals surface area contributed by atoms with Crippen LogP contribution in [0.5, 0.6) is 0 Å². The lowest BCUT2D eigenvalue weighted by atomic mass is 10.4. The van der Waals surface area contributed by atoms with Gasteiger partial charge in [-0.25, -0.2) is 9.97 Å². The van der Waals surface area contributed by atoms with Crippen molar-refractivity contribution in [3.05, 3.63) is 17.5 Å². The van der Waals surface area contributed by atoms with Gasteiger partial charge < -0.3 is 10.2 Å². The molecule has 5 nitrogen and oxygen atoms in total. The van der Waals surface area contributed by atoms with Crippen molar-refractivity contribution in [2.75, 3.05) is 31.9 Å². The monoisotopic (exact) mass is 280 g/mol. The highest BCUT2D eigenvalue weighted by molar-refractivity contribution is 7.99. The van der Waals surface area contributed by atoms with Crippen LogP contribution < -0.4 is 5.32 Å². The summed E-state index contributed by atoms with van der Waals surface area (Å²) >= 11 is 1.42. The van der Waals surface area contributed by atoms with E-state index in [0.29, 0.717) is 10.9 Å². The maximum Gasteiger partial charge on any atom is 0.233 e. The van der Waals surface area contributed by atoms with Crippen LogP contribution in [0.2, 0.25) is 0 Å². The summed E-state index contributed by atoms with van der Waals surface area (Å²) in [5, 5.41) is 3.99. The van der Waals surface area contributed by atoms with Crippen molar-refractivity contribution >= 4 is 17.7 Å². The van der Waals surface area contributed by atoms with Crippen LogP contribution in [0.4, 0.5) is 0 Å². The van der Waals surface area contributed by atoms with Gasteiger partial charge >= 0.3 is 0 Å². The van der Waals surface area contributed by atoms with Gasteiger partial charge in [0, 0.05) is 31.0 Å². The number of carbonyl (C=O) groups is 1. The quantitative estimate of drug-likeness (QED) is 0.661. The van der Waals surface area contributed by atoms with E-state index in [1.165, 1.54) is 11.8 Å². The average molecular weight is 280 g/mol. The Morgan fingerprint density at radius 3 is 2.79 bits per heavy atom. The van der Waals surface area contributed by atoms with Crippen LogP contribution >= 0.6 is 11.8 Å². The number of aromatic nitrogens is 2. The molecular weight excluding hydrogens is 260 g/mol. The van der Waals surface area contributed by atoms with E-state index in [9.17, 15) is 4.79 Å². The zero-order chi connectivity index (χ0) is 13.7. The van der Waals surface area contributed by atoms with Crippen molar-refractivity contribution in [3.63, 3.8) is 0 Å². The summed E-state index contributed by atoms with van der Waals surface area (Å²) in [6.07, 6.45) is 1.02. The summed E-state index contributed by atoms with van der Waals surface area (Å²) < 4.78 is 0. The molecule has 2 rings (SSSR count). The molecule has 1 aliphatic rings. The van der Waals surface area contributed by atoms with Gasteiger partial charge in [0.05, 0.1) is 5.75 Å². The van der Waals surface area contributed by atoms with E-state index in [1.54, 1.807) is 0 Å². The van der Waals surface area contributed by atoms with Gasteiger partial charge in [-0.2, -0.15) is 0 Å². The summed E-state index contributed by atoms with van der Waals surface area (Å²) in [4.78, 5) is 22.7. The number of rotatable bonds is 3. The minimum absolute atomic E-state index is 0.177. The molecule has 2 heterocycles. The Balaban J connectivity index is 1.88. The molecule has 19 heavy (non-hydrogen) atoms. The third-order valence-corrected chi connectivity index (χ3v) is 3.81. The van der Waals surface area contributed by atoms with Crippen LogP contribution in [-0.2, 0) is 4.79 Å². The number of aryl methyl sites for hydroxylation is 2. The molecule has 1 aromatic rings. The van der Waals surface area contributed by atoms with Gasteiger partial charge in [-0.3, -0.25) is 4.79 Å². The highest BCUT2D eigenvalue weighted by Gasteiger charge is 2.15. The molecule has 1 N–H and O–H groups in total. The number of nitrogens with zero attached hydrogens (tertiary/aromatic N) is 3. The van der Waals surface area contributed by atoms with E-state index in [0.717, 1.165) is 44.0 Å². The van der Waals surface area contributed by atoms with Crippen molar-refractivity contribution in [1.29, 1.82) is 0 Å². The number of thioether (sulfide) groups is 1. The minimum atomic E-state index is 0.177. The van der Waals surface area contributed by atoms with Crippen molar-refractivity contribution < 1.29 is 4.79 Å². The largest absolute Gasteiger partial charge is 0.341 e. The predicted molar refractivity (Wildman–Crippen MR) is 76.3 cm³/mol. The Bertz CT molecular complexity index is 424. The first-order valence-electron chi connectivity index (χ1n) is 6.59. The van der Waals surface area contributed by atoms with Crippen molar-refractivity contribution in [2.45, 2.75) is 25.4 Å². The third kappa shape index (κ3) is 4.47. The molecule has 1 aliphatic heterocycles. The first-order chi connectivity index (χ1) is 9.15. The summed E-state index contributed by atoms with van der Waals surface area (Å²) in [7, 11) is 0. The molecule has 1 amide bonds. The maximum absolute atomic E-state index is 12.1. The summed E-state index contributed by atoms with van der Waals surface area (Å²) in [5.74, 6) is 0.597. The zero-order valence-electron chi connectivity index (χ0n) is 11.5. The van der Waals surface area contributed by atoms with E-state index in [-0.39, 0.29) is 5.91 Å². The van der Waals surface area contributed by atoms with Gasteiger partial charge in [-0.15, -0.1) is 0 Å². The van der Waals surface area contributed by atoms with Gasteiger partial charge in [0.25, 0.3) is 0 Å². The topological polar surface area (TPSA) is 58.1 Å². The molecule has 104 valence electrons. The van der Waals surface area contributed by atoms with Crippen LogP contribution in [-0.4, -0.2) is 52.7 Å². The molecule has 6 heteroatoms. The maximum atomic E-state index is 12.1. The Morgan fingerprint density at radius 2 is 2.05 bits per heavy atom. The molecule has 0 spiro atoms. The average Bonchev–Trinajstić information content (AvgIpc) is 2.63. The van der Waals surface area contributed by atoms with Gasteiger partial charge in [-0.1, -0.05) is 11.8 Å². The van der Waals surface area contributed by atoms with Crippen LogP contribution in [0.3, 0.4) is 0 Å². The second-order valence-corrected chi connectivity index (χ2v) is 5.65. The van der Waals surface area contributed by atoms with E-state index < -0.39 is 0 Å². The molecule has 0 bridgehead atoms. The number of hydrogen-bond donors (Lipinski definition) is 1. The lowest BCUT2D eigenvalue weighted by molar-refractivity contribution is -0.128. The van der Waals surface area contributed by atoms with Gasteiger partial charge in [0.2, 0.25) is 5.91 Å². The van der Waals surface area contributed by atoms with E-state index in [1.807, 2.05) is 24.8 Å². The molecule has 0 atom stereocenters. The number of carbonyl (C=O) groups excluding carboxylic acids is 1. The first-order valence-corrected chi connectivity index (χ1v) is 7.57. The number of nitrogens with one attached hydrogen (secondary N) is 1. The summed E-state index contributed by atoms with van der Waals surface area (Å²) in [6, 6.07) is 1.94. The smallest absolute Gasteiger partial charge is 0.233 e. The predicted octanol–water partition coefficient (Wildman–Crippen LogP) is 1.01. The second-order valence-electron chi connectivity index (χ2n) is 4.71. The number of hydrogen-bond acceptors (Lipinski definition) is 5. The van der Waals surface area contributed by atoms with Crippen molar-refractivity contribution in [3.8, 4) is 0 Å². The van der Waals surface area contributed by atoms with Gasteiger partial charge in [0.15, 0.2) is 5.16 Å². The second kappa shape index (κ2) is 6.86. The number of amides is 1. The molecule has 1 aromatic heterocycles. The fraction of sp³-hybridized carbons (Fsp3) is 0.615. The van der Waals surface area contributed by atoms with E-state index in [2.05, 4.69) is 15.3 Å². The first kappa shape index (κ1) is 14.3. The molecular formula is C13H20N4OS. The van der Waals surface area contributed by atoms with Gasteiger partial charge in [0.1, 0.15) is 0 Å². The Hall–Kier alpha value is -1.14. The summed E-state index contributed by atoms with van der Waals surface area (Å²) in [5.41, 5.74) is 1.89. The highest BCUT2D eigenvalue weighted by Crippen LogP contribution is 2.15. The Morgan fingerprint density at radius 1 is 1.32 bits per heavy atom. The molecule has 1 fully saturated rings.